The van der Waals surface area contributed by atoms with Gasteiger partial charge in [-0.3, -0.25) is 0 Å². The molecule has 4 heteroatoms. The molecular weight excluding hydrogens is 252 g/mol. The number of hydrogen-bond acceptors (Lipinski definition) is 4. The SMILES string of the molecule is COC(C)(C)CCOc1cc(CN)c2ccccc2n1. The third-order valence-electron chi connectivity index (χ3n) is 3.50. The molecule has 0 atom stereocenters. The molecule has 0 saturated heterocycles. The molecule has 2 aromatic rings. The van der Waals surface area contributed by atoms with E-state index in [4.69, 9.17) is 15.2 Å². The van der Waals surface area contributed by atoms with Gasteiger partial charge in [-0.25, -0.2) is 4.98 Å². The predicted molar refractivity (Wildman–Crippen MR) is 80.8 cm³/mol. The van der Waals surface area contributed by atoms with Crippen LogP contribution in [-0.4, -0.2) is 24.3 Å². The second-order valence-corrected chi connectivity index (χ2v) is 5.40. The first-order chi connectivity index (χ1) is 9.55. The van der Waals surface area contributed by atoms with Gasteiger partial charge < -0.3 is 15.2 Å². The lowest BCUT2D eigenvalue weighted by atomic mass is 10.1. The monoisotopic (exact) mass is 274 g/mol. The van der Waals surface area contributed by atoms with E-state index in [1.165, 1.54) is 0 Å². The van der Waals surface area contributed by atoms with Gasteiger partial charge in [-0.2, -0.15) is 0 Å². The van der Waals surface area contributed by atoms with Crippen molar-refractivity contribution in [1.82, 2.24) is 4.98 Å². The van der Waals surface area contributed by atoms with Gasteiger partial charge in [-0.1, -0.05) is 18.2 Å². The Morgan fingerprint density at radius 2 is 2.00 bits per heavy atom. The fraction of sp³-hybridized carbons (Fsp3) is 0.438. The van der Waals surface area contributed by atoms with E-state index in [0.717, 1.165) is 22.9 Å². The molecule has 0 unspecified atom stereocenters. The predicted octanol–water partition coefficient (Wildman–Crippen LogP) is 2.89. The fourth-order valence-electron chi connectivity index (χ4n) is 1.97. The van der Waals surface area contributed by atoms with Gasteiger partial charge in [-0.05, 0) is 25.5 Å². The Hall–Kier alpha value is -1.65. The Morgan fingerprint density at radius 1 is 1.25 bits per heavy atom. The molecule has 0 radical (unpaired) electrons. The minimum Gasteiger partial charge on any atom is -0.478 e. The van der Waals surface area contributed by atoms with E-state index < -0.39 is 0 Å². The molecule has 0 spiro atoms. The molecule has 2 N–H and O–H groups in total. The number of benzene rings is 1. The molecule has 108 valence electrons. The van der Waals surface area contributed by atoms with Crippen LogP contribution in [0.3, 0.4) is 0 Å². The smallest absolute Gasteiger partial charge is 0.214 e. The van der Waals surface area contributed by atoms with Crippen LogP contribution in [0.5, 0.6) is 5.88 Å². The highest BCUT2D eigenvalue weighted by atomic mass is 16.5. The standard InChI is InChI=1S/C16H22N2O2/c1-16(2,19-3)8-9-20-15-10-12(11-17)13-6-4-5-7-14(13)18-15/h4-7,10H,8-9,11,17H2,1-3H3. The molecule has 20 heavy (non-hydrogen) atoms. The molecule has 1 heterocycles. The van der Waals surface area contributed by atoms with Gasteiger partial charge in [-0.15, -0.1) is 0 Å². The van der Waals surface area contributed by atoms with Crippen molar-refractivity contribution in [1.29, 1.82) is 0 Å². The number of nitrogens with zero attached hydrogens (tertiary/aromatic N) is 1. The van der Waals surface area contributed by atoms with Crippen molar-refractivity contribution >= 4 is 10.9 Å². The van der Waals surface area contributed by atoms with Crippen LogP contribution in [-0.2, 0) is 11.3 Å². The quantitative estimate of drug-likeness (QED) is 0.880. The van der Waals surface area contributed by atoms with Gasteiger partial charge in [0.15, 0.2) is 0 Å². The molecule has 0 aliphatic rings. The number of aromatic nitrogens is 1. The Bertz CT molecular complexity index is 582. The maximum atomic E-state index is 5.80. The van der Waals surface area contributed by atoms with Crippen molar-refractivity contribution in [2.75, 3.05) is 13.7 Å². The molecular formula is C16H22N2O2. The summed E-state index contributed by atoms with van der Waals surface area (Å²) in [6.07, 6.45) is 0.802. The summed E-state index contributed by atoms with van der Waals surface area (Å²) in [7, 11) is 1.71. The topological polar surface area (TPSA) is 57.4 Å². The van der Waals surface area contributed by atoms with Crippen molar-refractivity contribution < 1.29 is 9.47 Å². The summed E-state index contributed by atoms with van der Waals surface area (Å²) in [5.41, 5.74) is 7.58. The first-order valence-corrected chi connectivity index (χ1v) is 6.82. The Morgan fingerprint density at radius 3 is 2.70 bits per heavy atom. The minimum absolute atomic E-state index is 0.187. The van der Waals surface area contributed by atoms with E-state index in [1.54, 1.807) is 7.11 Å². The highest BCUT2D eigenvalue weighted by Gasteiger charge is 2.16. The van der Waals surface area contributed by atoms with Crippen molar-refractivity contribution in [3.05, 3.63) is 35.9 Å². The van der Waals surface area contributed by atoms with Gasteiger partial charge in [0.2, 0.25) is 5.88 Å². The van der Waals surface area contributed by atoms with E-state index >= 15 is 0 Å². The summed E-state index contributed by atoms with van der Waals surface area (Å²) >= 11 is 0. The Kier molecular flexibility index (Phi) is 4.57. The number of pyridine rings is 1. The number of hydrogen-bond donors (Lipinski definition) is 1. The van der Waals surface area contributed by atoms with E-state index in [1.807, 2.05) is 44.2 Å². The van der Waals surface area contributed by atoms with E-state index in [0.29, 0.717) is 19.0 Å². The second kappa shape index (κ2) is 6.20. The van der Waals surface area contributed by atoms with E-state index in [2.05, 4.69) is 4.98 Å². The van der Waals surface area contributed by atoms with Gasteiger partial charge in [0.1, 0.15) is 0 Å². The summed E-state index contributed by atoms with van der Waals surface area (Å²) in [5.74, 6) is 0.621. The van der Waals surface area contributed by atoms with E-state index in [-0.39, 0.29) is 5.60 Å². The molecule has 0 amide bonds. The van der Waals surface area contributed by atoms with Crippen molar-refractivity contribution in [3.63, 3.8) is 0 Å². The molecule has 4 nitrogen and oxygen atoms in total. The Labute approximate surface area is 119 Å². The summed E-state index contributed by atoms with van der Waals surface area (Å²) in [6, 6.07) is 9.88. The minimum atomic E-state index is -0.187. The zero-order chi connectivity index (χ0) is 14.6. The zero-order valence-electron chi connectivity index (χ0n) is 12.3. The lowest BCUT2D eigenvalue weighted by Gasteiger charge is -2.22. The summed E-state index contributed by atoms with van der Waals surface area (Å²) in [6.45, 7) is 5.12. The summed E-state index contributed by atoms with van der Waals surface area (Å²) in [4.78, 5) is 4.51. The molecule has 0 aliphatic heterocycles. The molecule has 1 aromatic carbocycles. The van der Waals surface area contributed by atoms with Crippen LogP contribution in [0.2, 0.25) is 0 Å². The van der Waals surface area contributed by atoms with Gasteiger partial charge in [0.05, 0.1) is 17.7 Å². The number of ether oxygens (including phenoxy) is 2. The first kappa shape index (κ1) is 14.8. The number of para-hydroxylation sites is 1. The van der Waals surface area contributed by atoms with Crippen LogP contribution in [0.15, 0.2) is 30.3 Å². The second-order valence-electron chi connectivity index (χ2n) is 5.40. The molecule has 1 aromatic heterocycles. The highest BCUT2D eigenvalue weighted by molar-refractivity contribution is 5.82. The van der Waals surface area contributed by atoms with E-state index in [9.17, 15) is 0 Å². The third-order valence-corrected chi connectivity index (χ3v) is 3.50. The summed E-state index contributed by atoms with van der Waals surface area (Å²) in [5, 5.41) is 1.08. The van der Waals surface area contributed by atoms with Crippen LogP contribution in [0.25, 0.3) is 10.9 Å². The Balaban J connectivity index is 2.15. The first-order valence-electron chi connectivity index (χ1n) is 6.82. The maximum absolute atomic E-state index is 5.80. The molecule has 0 fully saturated rings. The van der Waals surface area contributed by atoms with Crippen molar-refractivity contribution in [2.24, 2.45) is 5.73 Å². The highest BCUT2D eigenvalue weighted by Crippen LogP contribution is 2.22. The van der Waals surface area contributed by atoms with Crippen LogP contribution >= 0.6 is 0 Å². The average molecular weight is 274 g/mol. The van der Waals surface area contributed by atoms with Crippen LogP contribution in [0.1, 0.15) is 25.8 Å². The van der Waals surface area contributed by atoms with Gasteiger partial charge in [0, 0.05) is 31.5 Å². The number of nitrogens with two attached hydrogens (primary N) is 1. The summed E-state index contributed by atoms with van der Waals surface area (Å²) < 4.78 is 11.1. The zero-order valence-corrected chi connectivity index (χ0v) is 12.3. The average Bonchev–Trinajstić information content (AvgIpc) is 2.46. The molecule has 0 saturated carbocycles. The largest absolute Gasteiger partial charge is 0.478 e. The normalized spacial score (nSPS) is 11.8. The third kappa shape index (κ3) is 3.46. The molecule has 2 rings (SSSR count). The van der Waals surface area contributed by atoms with Gasteiger partial charge in [0.25, 0.3) is 0 Å². The fourth-order valence-corrected chi connectivity index (χ4v) is 1.97. The van der Waals surface area contributed by atoms with Crippen LogP contribution in [0, 0.1) is 0 Å². The van der Waals surface area contributed by atoms with Crippen LogP contribution in [0.4, 0.5) is 0 Å². The maximum Gasteiger partial charge on any atom is 0.214 e. The lowest BCUT2D eigenvalue weighted by Crippen LogP contribution is -2.25. The number of rotatable bonds is 6. The number of methoxy groups -OCH3 is 1. The van der Waals surface area contributed by atoms with Gasteiger partial charge >= 0.3 is 0 Å². The van der Waals surface area contributed by atoms with Crippen molar-refractivity contribution in [3.8, 4) is 5.88 Å². The van der Waals surface area contributed by atoms with Crippen LogP contribution < -0.4 is 10.5 Å². The van der Waals surface area contributed by atoms with Crippen molar-refractivity contribution in [2.45, 2.75) is 32.4 Å². The molecule has 0 aliphatic carbocycles. The lowest BCUT2D eigenvalue weighted by molar-refractivity contribution is 0.00511. The number of fused-ring (bicyclic) bond motifs is 1. The molecule has 0 bridgehead atoms.